The van der Waals surface area contributed by atoms with E-state index in [1.807, 2.05) is 0 Å². The third-order valence-corrected chi connectivity index (χ3v) is 2.44. The van der Waals surface area contributed by atoms with Crippen molar-refractivity contribution in [2.24, 2.45) is 0 Å². The molecule has 0 heterocycles. The summed E-state index contributed by atoms with van der Waals surface area (Å²) in [7, 11) is 0. The average Bonchev–Trinajstić information content (AvgIpc) is 2.33. The van der Waals surface area contributed by atoms with Crippen LogP contribution in [0.25, 0.3) is 0 Å². The topological polar surface area (TPSA) is 55.5 Å². The van der Waals surface area contributed by atoms with E-state index in [4.69, 9.17) is 10.5 Å². The largest absolute Gasteiger partial charge is 0.506 e. The molecule has 0 bridgehead atoms. The molecule has 0 aromatic heterocycles. The van der Waals surface area contributed by atoms with Crippen molar-refractivity contribution >= 4 is 5.69 Å². The van der Waals surface area contributed by atoms with Crippen molar-refractivity contribution in [1.29, 1.82) is 0 Å². The summed E-state index contributed by atoms with van der Waals surface area (Å²) in [5.41, 5.74) is 5.87. The van der Waals surface area contributed by atoms with Gasteiger partial charge >= 0.3 is 0 Å². The van der Waals surface area contributed by atoms with Crippen molar-refractivity contribution in [1.82, 2.24) is 0 Å². The molecule has 2 aromatic carbocycles. The fraction of sp³-hybridized carbons (Fsp3) is 0.0769. The van der Waals surface area contributed by atoms with Crippen molar-refractivity contribution < 1.29 is 18.6 Å². The van der Waals surface area contributed by atoms with Gasteiger partial charge in [0.15, 0.2) is 0 Å². The van der Waals surface area contributed by atoms with Crippen LogP contribution in [0.5, 0.6) is 11.5 Å². The van der Waals surface area contributed by atoms with Crippen LogP contribution in [0.3, 0.4) is 0 Å². The summed E-state index contributed by atoms with van der Waals surface area (Å²) in [6.07, 6.45) is 0. The molecule has 0 fully saturated rings. The van der Waals surface area contributed by atoms with Gasteiger partial charge in [0.2, 0.25) is 0 Å². The second kappa shape index (κ2) is 4.91. The van der Waals surface area contributed by atoms with Crippen LogP contribution in [0.4, 0.5) is 14.5 Å². The average molecular weight is 251 g/mol. The van der Waals surface area contributed by atoms with Crippen LogP contribution in [-0.2, 0) is 6.61 Å². The molecule has 18 heavy (non-hydrogen) atoms. The maximum atomic E-state index is 13.3. The smallest absolute Gasteiger partial charge is 0.146 e. The lowest BCUT2D eigenvalue weighted by Crippen LogP contribution is -2.01. The minimum absolute atomic E-state index is 0.0834. The van der Waals surface area contributed by atoms with E-state index in [0.717, 1.165) is 12.1 Å². The Morgan fingerprint density at radius 2 is 1.94 bits per heavy atom. The summed E-state index contributed by atoms with van der Waals surface area (Å²) in [6, 6.07) is 7.75. The quantitative estimate of drug-likeness (QED) is 0.651. The van der Waals surface area contributed by atoms with Crippen molar-refractivity contribution in [3.8, 4) is 11.5 Å². The lowest BCUT2D eigenvalue weighted by Gasteiger charge is -2.10. The number of nitrogens with two attached hydrogens (primary N) is 1. The maximum absolute atomic E-state index is 13.3. The number of hydrogen-bond donors (Lipinski definition) is 2. The minimum atomic E-state index is -0.686. The van der Waals surface area contributed by atoms with Crippen molar-refractivity contribution in [3.05, 3.63) is 53.6 Å². The van der Waals surface area contributed by atoms with E-state index in [1.165, 1.54) is 12.1 Å². The molecule has 0 atom stereocenters. The molecule has 0 amide bonds. The first kappa shape index (κ1) is 12.2. The van der Waals surface area contributed by atoms with E-state index >= 15 is 0 Å². The van der Waals surface area contributed by atoms with Crippen LogP contribution in [-0.4, -0.2) is 5.11 Å². The van der Waals surface area contributed by atoms with Gasteiger partial charge in [0.25, 0.3) is 0 Å². The first-order valence-corrected chi connectivity index (χ1v) is 5.22. The minimum Gasteiger partial charge on any atom is -0.506 e. The van der Waals surface area contributed by atoms with Gasteiger partial charge in [0.05, 0.1) is 0 Å². The molecule has 5 heteroatoms. The molecule has 2 aromatic rings. The third kappa shape index (κ3) is 2.51. The molecule has 3 N–H and O–H groups in total. The molecule has 0 aliphatic carbocycles. The lowest BCUT2D eigenvalue weighted by atomic mass is 10.2. The number of ether oxygens (including phenoxy) is 1. The normalized spacial score (nSPS) is 10.3. The van der Waals surface area contributed by atoms with Crippen LogP contribution < -0.4 is 10.5 Å². The number of anilines is 1. The predicted octanol–water partition coefficient (Wildman–Crippen LogP) is 2.83. The molecule has 0 unspecified atom stereocenters. The predicted molar refractivity (Wildman–Crippen MR) is 63.2 cm³/mol. The second-order valence-electron chi connectivity index (χ2n) is 3.71. The number of halogens is 2. The number of phenols is 1. The summed E-state index contributed by atoms with van der Waals surface area (Å²) in [6.45, 7) is -0.0975. The molecule has 0 aliphatic heterocycles. The molecule has 0 saturated heterocycles. The summed E-state index contributed by atoms with van der Waals surface area (Å²) in [5.74, 6) is -1.19. The van der Waals surface area contributed by atoms with E-state index in [1.54, 1.807) is 12.1 Å². The highest BCUT2D eigenvalue weighted by atomic mass is 19.1. The molecule has 0 aliphatic rings. The third-order valence-electron chi connectivity index (χ3n) is 2.44. The van der Waals surface area contributed by atoms with Crippen LogP contribution in [0.1, 0.15) is 5.56 Å². The highest BCUT2D eigenvalue weighted by Gasteiger charge is 2.08. The zero-order valence-corrected chi connectivity index (χ0v) is 9.36. The molecule has 0 spiro atoms. The van der Waals surface area contributed by atoms with Gasteiger partial charge in [0, 0.05) is 11.6 Å². The number of benzene rings is 2. The van der Waals surface area contributed by atoms with E-state index in [2.05, 4.69) is 0 Å². The Labute approximate surface area is 102 Å². The number of hydrogen-bond acceptors (Lipinski definition) is 3. The van der Waals surface area contributed by atoms with Gasteiger partial charge in [-0.15, -0.1) is 0 Å². The van der Waals surface area contributed by atoms with Gasteiger partial charge in [-0.1, -0.05) is 6.07 Å². The van der Waals surface area contributed by atoms with Crippen LogP contribution in [0, 0.1) is 11.6 Å². The summed E-state index contributed by atoms with van der Waals surface area (Å²) in [4.78, 5) is 0. The second-order valence-corrected chi connectivity index (χ2v) is 3.71. The highest BCUT2D eigenvalue weighted by Crippen LogP contribution is 2.30. The van der Waals surface area contributed by atoms with Gasteiger partial charge in [-0.2, -0.15) is 0 Å². The molecular formula is C13H11F2NO2. The van der Waals surface area contributed by atoms with E-state index in [-0.39, 0.29) is 29.4 Å². The van der Waals surface area contributed by atoms with Crippen LogP contribution >= 0.6 is 0 Å². The summed E-state index contributed by atoms with van der Waals surface area (Å²) in [5, 5.41) is 9.36. The van der Waals surface area contributed by atoms with Gasteiger partial charge < -0.3 is 15.6 Å². The summed E-state index contributed by atoms with van der Waals surface area (Å²) >= 11 is 0. The molecule has 2 rings (SSSR count). The fourth-order valence-electron chi connectivity index (χ4n) is 1.45. The van der Waals surface area contributed by atoms with E-state index in [0.29, 0.717) is 0 Å². The van der Waals surface area contributed by atoms with Crippen molar-refractivity contribution in [2.75, 3.05) is 5.73 Å². The maximum Gasteiger partial charge on any atom is 0.146 e. The van der Waals surface area contributed by atoms with Gasteiger partial charge in [-0.05, 0) is 24.3 Å². The van der Waals surface area contributed by atoms with Crippen LogP contribution in [0.2, 0.25) is 0 Å². The zero-order chi connectivity index (χ0) is 13.1. The Morgan fingerprint density at radius 3 is 2.67 bits per heavy atom. The van der Waals surface area contributed by atoms with Crippen molar-refractivity contribution in [2.45, 2.75) is 6.61 Å². The van der Waals surface area contributed by atoms with Gasteiger partial charge in [-0.3, -0.25) is 0 Å². The number of phenolic OH excluding ortho intramolecular Hbond substituents is 1. The number of nitrogen functional groups attached to an aromatic ring is 1. The number of rotatable bonds is 3. The SMILES string of the molecule is Nc1c(O)cccc1OCc1ccc(F)cc1F. The van der Waals surface area contributed by atoms with Gasteiger partial charge in [0.1, 0.15) is 35.4 Å². The molecule has 94 valence electrons. The Kier molecular flexibility index (Phi) is 3.32. The number of para-hydroxylation sites is 1. The number of aromatic hydroxyl groups is 1. The standard InChI is InChI=1S/C13H11F2NO2/c14-9-5-4-8(10(15)6-9)7-18-12-3-1-2-11(17)13(12)16/h1-6,17H,7,16H2. The van der Waals surface area contributed by atoms with Gasteiger partial charge in [-0.25, -0.2) is 8.78 Å². The Bertz CT molecular complexity index is 573. The Morgan fingerprint density at radius 1 is 1.17 bits per heavy atom. The molecule has 0 saturated carbocycles. The van der Waals surface area contributed by atoms with Crippen molar-refractivity contribution in [3.63, 3.8) is 0 Å². The zero-order valence-electron chi connectivity index (χ0n) is 9.36. The first-order valence-electron chi connectivity index (χ1n) is 5.22. The molecular weight excluding hydrogens is 240 g/mol. The highest BCUT2D eigenvalue weighted by molar-refractivity contribution is 5.61. The molecule has 0 radical (unpaired) electrons. The lowest BCUT2D eigenvalue weighted by molar-refractivity contribution is 0.300. The molecule has 3 nitrogen and oxygen atoms in total. The monoisotopic (exact) mass is 251 g/mol. The summed E-state index contributed by atoms with van der Waals surface area (Å²) < 4.78 is 31.3. The van der Waals surface area contributed by atoms with Crippen LogP contribution in [0.15, 0.2) is 36.4 Å². The van der Waals surface area contributed by atoms with E-state index in [9.17, 15) is 13.9 Å². The Hall–Kier alpha value is -2.30. The first-order chi connectivity index (χ1) is 8.58. The Balaban J connectivity index is 2.14. The van der Waals surface area contributed by atoms with E-state index < -0.39 is 11.6 Å². The fourth-order valence-corrected chi connectivity index (χ4v) is 1.45.